The topological polar surface area (TPSA) is 0 Å². The normalized spacial score (nSPS) is 66.0. The minimum absolute atomic E-state index is 0.948. The molecule has 0 saturated heterocycles. The maximum absolute atomic E-state index is 1.65. The van der Waals surface area contributed by atoms with Crippen molar-refractivity contribution in [2.75, 3.05) is 0 Å². The Hall–Kier alpha value is 0. The van der Waals surface area contributed by atoms with Crippen LogP contribution in [0.15, 0.2) is 0 Å². The molecule has 0 heterocycles. The third kappa shape index (κ3) is 0.842. The van der Waals surface area contributed by atoms with E-state index in [2.05, 4.69) is 0 Å². The summed E-state index contributed by atoms with van der Waals surface area (Å²) in [6, 6.07) is 0. The standard InChI is InChI=1S/C16H24/c1-2-4-15-14(3-1)16(15)12-6-10-5-11(8-12)9-13(16)7-10/h10-15H,1-9H2. The molecule has 0 radical (unpaired) electrons. The van der Waals surface area contributed by atoms with E-state index in [-0.39, 0.29) is 0 Å². The summed E-state index contributed by atoms with van der Waals surface area (Å²) in [7, 11) is 0. The summed E-state index contributed by atoms with van der Waals surface area (Å²) in [4.78, 5) is 0. The van der Waals surface area contributed by atoms with Gasteiger partial charge in [-0.1, -0.05) is 12.8 Å². The first-order chi connectivity index (χ1) is 7.89. The zero-order valence-corrected chi connectivity index (χ0v) is 10.3. The van der Waals surface area contributed by atoms with Gasteiger partial charge >= 0.3 is 0 Å². The predicted molar refractivity (Wildman–Crippen MR) is 64.9 cm³/mol. The smallest absolute Gasteiger partial charge is 0.0178 e. The largest absolute Gasteiger partial charge is 0.0530 e. The summed E-state index contributed by atoms with van der Waals surface area (Å²) in [5, 5.41) is 0. The van der Waals surface area contributed by atoms with Gasteiger partial charge in [-0.15, -0.1) is 0 Å². The Labute approximate surface area is 99.2 Å². The summed E-state index contributed by atoms with van der Waals surface area (Å²) in [6.45, 7) is 0. The Kier molecular flexibility index (Phi) is 1.52. The second kappa shape index (κ2) is 2.70. The molecule has 0 aromatic carbocycles. The van der Waals surface area contributed by atoms with Crippen molar-refractivity contribution < 1.29 is 0 Å². The molecule has 16 heavy (non-hydrogen) atoms. The molecule has 6 fully saturated rings. The molecule has 6 aliphatic carbocycles. The highest BCUT2D eigenvalue weighted by atomic mass is 14.8. The minimum atomic E-state index is 0.948. The van der Waals surface area contributed by atoms with Crippen LogP contribution in [-0.2, 0) is 0 Å². The lowest BCUT2D eigenvalue weighted by molar-refractivity contribution is -0.0662. The maximum Gasteiger partial charge on any atom is -0.0178 e. The van der Waals surface area contributed by atoms with Gasteiger partial charge in [0, 0.05) is 0 Å². The molecule has 6 aliphatic rings. The fraction of sp³-hybridized carbons (Fsp3) is 1.00. The molecule has 0 amide bonds. The Bertz CT molecular complexity index is 287. The first-order valence-corrected chi connectivity index (χ1v) is 7.89. The monoisotopic (exact) mass is 216 g/mol. The number of hydrogen-bond donors (Lipinski definition) is 0. The van der Waals surface area contributed by atoms with Gasteiger partial charge in [0.15, 0.2) is 0 Å². The highest BCUT2D eigenvalue weighted by Gasteiger charge is 2.74. The van der Waals surface area contributed by atoms with Crippen LogP contribution in [0.25, 0.3) is 0 Å². The second-order valence-corrected chi connectivity index (χ2v) is 7.80. The van der Waals surface area contributed by atoms with Crippen LogP contribution < -0.4 is 0 Å². The lowest BCUT2D eigenvalue weighted by atomic mass is 9.49. The molecule has 1 spiro atoms. The molecule has 2 atom stereocenters. The van der Waals surface area contributed by atoms with E-state index in [4.69, 9.17) is 0 Å². The molecule has 4 bridgehead atoms. The van der Waals surface area contributed by atoms with Crippen LogP contribution in [0.5, 0.6) is 0 Å². The van der Waals surface area contributed by atoms with Crippen LogP contribution in [0.3, 0.4) is 0 Å². The lowest BCUT2D eigenvalue weighted by Crippen LogP contribution is -2.47. The van der Waals surface area contributed by atoms with Crippen molar-refractivity contribution in [1.29, 1.82) is 0 Å². The van der Waals surface area contributed by atoms with Crippen molar-refractivity contribution >= 4 is 0 Å². The van der Waals surface area contributed by atoms with Crippen LogP contribution in [0.1, 0.15) is 57.8 Å². The third-order valence-electron chi connectivity index (χ3n) is 7.49. The van der Waals surface area contributed by atoms with Gasteiger partial charge in [0.25, 0.3) is 0 Å². The summed E-state index contributed by atoms with van der Waals surface area (Å²) >= 11 is 0. The zero-order chi connectivity index (χ0) is 10.3. The molecule has 2 unspecified atom stereocenters. The Morgan fingerprint density at radius 2 is 1.12 bits per heavy atom. The second-order valence-electron chi connectivity index (χ2n) is 7.80. The van der Waals surface area contributed by atoms with Gasteiger partial charge in [0.2, 0.25) is 0 Å². The molecule has 6 rings (SSSR count). The van der Waals surface area contributed by atoms with Gasteiger partial charge in [-0.25, -0.2) is 0 Å². The van der Waals surface area contributed by atoms with Crippen LogP contribution in [0.2, 0.25) is 0 Å². The van der Waals surface area contributed by atoms with E-state index in [1.807, 2.05) is 0 Å². The van der Waals surface area contributed by atoms with Crippen LogP contribution in [-0.4, -0.2) is 0 Å². The van der Waals surface area contributed by atoms with E-state index >= 15 is 0 Å². The Morgan fingerprint density at radius 3 is 1.62 bits per heavy atom. The van der Waals surface area contributed by atoms with E-state index < -0.39 is 0 Å². The zero-order valence-electron chi connectivity index (χ0n) is 10.3. The third-order valence-corrected chi connectivity index (χ3v) is 7.49. The van der Waals surface area contributed by atoms with Gasteiger partial charge in [-0.3, -0.25) is 0 Å². The first-order valence-electron chi connectivity index (χ1n) is 7.89. The van der Waals surface area contributed by atoms with Gasteiger partial charge in [-0.05, 0) is 85.9 Å². The van der Waals surface area contributed by atoms with Gasteiger partial charge in [0.05, 0.1) is 0 Å². The van der Waals surface area contributed by atoms with E-state index in [9.17, 15) is 0 Å². The molecule has 0 aromatic rings. The molecule has 6 saturated carbocycles. The Morgan fingerprint density at radius 1 is 0.625 bits per heavy atom. The van der Waals surface area contributed by atoms with Crippen molar-refractivity contribution in [3.63, 3.8) is 0 Å². The SMILES string of the molecule is C1CCC2C(C1)C21C2CC3CC(C2)CC1C3. The molecular formula is C16H24. The van der Waals surface area contributed by atoms with E-state index in [0.29, 0.717) is 0 Å². The summed E-state index contributed by atoms with van der Waals surface area (Å²) in [5.74, 6) is 7.20. The molecule has 0 N–H and O–H groups in total. The van der Waals surface area contributed by atoms with Crippen LogP contribution in [0, 0.1) is 40.9 Å². The van der Waals surface area contributed by atoms with E-state index in [1.54, 1.807) is 57.8 Å². The maximum atomic E-state index is 1.65. The fourth-order valence-corrected chi connectivity index (χ4v) is 7.43. The van der Waals surface area contributed by atoms with Gasteiger partial charge in [0.1, 0.15) is 0 Å². The molecular weight excluding hydrogens is 192 g/mol. The van der Waals surface area contributed by atoms with Gasteiger partial charge < -0.3 is 0 Å². The van der Waals surface area contributed by atoms with Gasteiger partial charge in [-0.2, -0.15) is 0 Å². The molecule has 88 valence electrons. The number of fused-ring (bicyclic) bond motifs is 1. The van der Waals surface area contributed by atoms with Crippen molar-refractivity contribution in [1.82, 2.24) is 0 Å². The predicted octanol–water partition coefficient (Wildman–Crippen LogP) is 4.25. The molecule has 0 aromatic heterocycles. The highest BCUT2D eigenvalue weighted by Crippen LogP contribution is 2.80. The highest BCUT2D eigenvalue weighted by molar-refractivity contribution is 5.22. The lowest BCUT2D eigenvalue weighted by Gasteiger charge is -2.56. The number of rotatable bonds is 0. The number of hydrogen-bond acceptors (Lipinski definition) is 0. The van der Waals surface area contributed by atoms with Crippen molar-refractivity contribution in [3.8, 4) is 0 Å². The quantitative estimate of drug-likeness (QED) is 0.568. The average Bonchev–Trinajstić information content (AvgIpc) is 2.95. The van der Waals surface area contributed by atoms with Crippen molar-refractivity contribution in [3.05, 3.63) is 0 Å². The molecule has 0 aliphatic heterocycles. The fourth-order valence-electron chi connectivity index (χ4n) is 7.43. The average molecular weight is 216 g/mol. The molecule has 0 heteroatoms. The van der Waals surface area contributed by atoms with E-state index in [1.165, 1.54) is 35.5 Å². The summed E-state index contributed by atoms with van der Waals surface area (Å²) in [5.41, 5.74) is 0.948. The van der Waals surface area contributed by atoms with Crippen molar-refractivity contribution in [2.24, 2.45) is 40.9 Å². The van der Waals surface area contributed by atoms with Crippen LogP contribution >= 0.6 is 0 Å². The summed E-state index contributed by atoms with van der Waals surface area (Å²) < 4.78 is 0. The minimum Gasteiger partial charge on any atom is -0.0530 e. The first kappa shape index (κ1) is 9.00. The van der Waals surface area contributed by atoms with Crippen molar-refractivity contribution in [2.45, 2.75) is 57.8 Å². The summed E-state index contributed by atoms with van der Waals surface area (Å²) in [6.07, 6.45) is 14.6. The van der Waals surface area contributed by atoms with Crippen LogP contribution in [0.4, 0.5) is 0 Å². The van der Waals surface area contributed by atoms with E-state index in [0.717, 1.165) is 5.41 Å². The molecule has 0 nitrogen and oxygen atoms in total. The Balaban J connectivity index is 1.56.